The fourth-order valence-electron chi connectivity index (χ4n) is 4.01. The minimum atomic E-state index is -0.501. The predicted octanol–water partition coefficient (Wildman–Crippen LogP) is 10.3. The van der Waals surface area contributed by atoms with Crippen LogP contribution >= 0.6 is 35.3 Å². The van der Waals surface area contributed by atoms with Crippen LogP contribution in [0.25, 0.3) is 0 Å². The van der Waals surface area contributed by atoms with Gasteiger partial charge in [-0.3, -0.25) is 0 Å². The van der Waals surface area contributed by atoms with E-state index in [-0.39, 0.29) is 0 Å². The van der Waals surface area contributed by atoms with Crippen LogP contribution in [0.2, 0.25) is 0 Å². The quantitative estimate of drug-likeness (QED) is 0.0568. The molecule has 0 saturated heterocycles. The molecule has 0 aromatic heterocycles. The van der Waals surface area contributed by atoms with Crippen LogP contribution in [-0.4, -0.2) is 61.7 Å². The summed E-state index contributed by atoms with van der Waals surface area (Å²) in [6.45, 7) is 8.96. The first-order valence-electron chi connectivity index (χ1n) is 15.9. The second kappa shape index (κ2) is 35.0. The number of hydrogen-bond donors (Lipinski definition) is 0. The van der Waals surface area contributed by atoms with E-state index in [1.54, 1.807) is 0 Å². The van der Waals surface area contributed by atoms with Crippen molar-refractivity contribution in [2.75, 3.05) is 54.3 Å². The highest BCUT2D eigenvalue weighted by Crippen LogP contribution is 2.13. The molecule has 0 aromatic carbocycles. The van der Waals surface area contributed by atoms with Crippen LogP contribution in [0.3, 0.4) is 0 Å². The van der Waals surface area contributed by atoms with E-state index in [0.29, 0.717) is 19.8 Å². The molecular weight excluding hydrogens is 515 g/mol. The molecule has 0 aliphatic rings. The Morgan fingerprint density at radius 1 is 0.351 bits per heavy atom. The molecule has 0 unspecified atom stereocenters. The molecule has 0 aromatic rings. The first-order valence-corrected chi connectivity index (χ1v) is 19.4. The molecule has 0 N–H and O–H groups in total. The van der Waals surface area contributed by atoms with Gasteiger partial charge in [0.25, 0.3) is 0 Å². The smallest absolute Gasteiger partial charge is 0.385 e. The standard InChI is InChI=1S/C30H63BO3S3/c1-4-7-10-13-16-19-25-35-28-22-32-31(33-23-29-36-26-20-17-14-11-8-5-2)34-24-30-37-27-21-18-15-12-9-6-3/h4-30H2,1-3H3. The maximum Gasteiger partial charge on any atom is 0.639 e. The Bertz CT molecular complexity index is 351. The first kappa shape index (κ1) is 38.0. The molecule has 0 fully saturated rings. The van der Waals surface area contributed by atoms with Crippen molar-refractivity contribution in [3.05, 3.63) is 0 Å². The van der Waals surface area contributed by atoms with Crippen LogP contribution in [0.5, 0.6) is 0 Å². The second-order valence-electron chi connectivity index (χ2n) is 10.0. The van der Waals surface area contributed by atoms with Gasteiger partial charge in [-0.25, -0.2) is 0 Å². The van der Waals surface area contributed by atoms with Crippen molar-refractivity contribution >= 4 is 42.6 Å². The van der Waals surface area contributed by atoms with E-state index in [4.69, 9.17) is 14.0 Å². The lowest BCUT2D eigenvalue weighted by Gasteiger charge is -2.14. The molecule has 0 aliphatic carbocycles. The second-order valence-corrected chi connectivity index (χ2v) is 13.7. The highest BCUT2D eigenvalue weighted by molar-refractivity contribution is 7.99. The SMILES string of the molecule is CCCCCCCCSCCOB(OCCSCCCCCCCC)OCCSCCCCCCCC. The molecule has 37 heavy (non-hydrogen) atoms. The van der Waals surface area contributed by atoms with Crippen molar-refractivity contribution in [2.45, 2.75) is 136 Å². The molecule has 0 heterocycles. The van der Waals surface area contributed by atoms with Crippen molar-refractivity contribution in [2.24, 2.45) is 0 Å². The zero-order valence-corrected chi connectivity index (χ0v) is 27.6. The van der Waals surface area contributed by atoms with E-state index in [2.05, 4.69) is 20.8 Å². The van der Waals surface area contributed by atoms with E-state index >= 15 is 0 Å². The third-order valence-corrected chi connectivity index (χ3v) is 9.47. The normalized spacial score (nSPS) is 11.4. The van der Waals surface area contributed by atoms with Crippen LogP contribution in [0, 0.1) is 0 Å². The van der Waals surface area contributed by atoms with E-state index in [0.717, 1.165) is 17.3 Å². The van der Waals surface area contributed by atoms with Crippen LogP contribution in [0.4, 0.5) is 0 Å². The molecule has 0 spiro atoms. The van der Waals surface area contributed by atoms with Crippen molar-refractivity contribution in [1.29, 1.82) is 0 Å². The van der Waals surface area contributed by atoms with Crippen molar-refractivity contribution in [3.8, 4) is 0 Å². The summed E-state index contributed by atoms with van der Waals surface area (Å²) in [6.07, 6.45) is 24.6. The minimum absolute atomic E-state index is 0.501. The molecule has 3 nitrogen and oxygen atoms in total. The van der Waals surface area contributed by atoms with Gasteiger partial charge in [-0.1, -0.05) is 117 Å². The maximum absolute atomic E-state index is 5.98. The summed E-state index contributed by atoms with van der Waals surface area (Å²) < 4.78 is 17.9. The summed E-state index contributed by atoms with van der Waals surface area (Å²) in [4.78, 5) is 0. The Kier molecular flexibility index (Phi) is 36.0. The maximum atomic E-state index is 5.98. The Balaban J connectivity index is 3.87. The summed E-state index contributed by atoms with van der Waals surface area (Å²) in [7, 11) is -0.501. The highest BCUT2D eigenvalue weighted by atomic mass is 32.2. The van der Waals surface area contributed by atoms with E-state index < -0.39 is 7.32 Å². The van der Waals surface area contributed by atoms with E-state index in [9.17, 15) is 0 Å². The molecule has 0 aliphatic heterocycles. The van der Waals surface area contributed by atoms with Gasteiger partial charge in [0, 0.05) is 37.1 Å². The third kappa shape index (κ3) is 33.1. The van der Waals surface area contributed by atoms with Gasteiger partial charge in [-0.05, 0) is 36.5 Å². The monoisotopic (exact) mass is 578 g/mol. The number of thioether (sulfide) groups is 3. The van der Waals surface area contributed by atoms with Crippen LogP contribution < -0.4 is 0 Å². The number of hydrogen-bond acceptors (Lipinski definition) is 6. The Hall–Kier alpha value is 0.995. The van der Waals surface area contributed by atoms with Crippen molar-refractivity contribution < 1.29 is 14.0 Å². The molecule has 0 atom stereocenters. The van der Waals surface area contributed by atoms with Gasteiger partial charge >= 0.3 is 7.32 Å². The zero-order valence-electron chi connectivity index (χ0n) is 25.1. The summed E-state index contributed by atoms with van der Waals surface area (Å²) in [5.41, 5.74) is 0. The lowest BCUT2D eigenvalue weighted by Crippen LogP contribution is -2.30. The molecule has 0 bridgehead atoms. The summed E-state index contributed by atoms with van der Waals surface area (Å²) >= 11 is 6.01. The largest absolute Gasteiger partial charge is 0.639 e. The van der Waals surface area contributed by atoms with Gasteiger partial charge < -0.3 is 14.0 Å². The average Bonchev–Trinajstić information content (AvgIpc) is 2.91. The van der Waals surface area contributed by atoms with Crippen LogP contribution in [0.1, 0.15) is 136 Å². The topological polar surface area (TPSA) is 27.7 Å². The van der Waals surface area contributed by atoms with Crippen LogP contribution in [-0.2, 0) is 14.0 Å². The van der Waals surface area contributed by atoms with Gasteiger partial charge in [0.1, 0.15) is 0 Å². The minimum Gasteiger partial charge on any atom is -0.385 e. The van der Waals surface area contributed by atoms with E-state index in [1.807, 2.05) is 35.3 Å². The van der Waals surface area contributed by atoms with Gasteiger partial charge in [-0.15, -0.1) is 0 Å². The number of rotatable bonds is 33. The predicted molar refractivity (Wildman–Crippen MR) is 176 cm³/mol. The first-order chi connectivity index (χ1) is 18.3. The van der Waals surface area contributed by atoms with Crippen molar-refractivity contribution in [3.63, 3.8) is 0 Å². The zero-order chi connectivity index (χ0) is 26.9. The number of unbranched alkanes of at least 4 members (excludes halogenated alkanes) is 15. The molecule has 0 amide bonds. The lowest BCUT2D eigenvalue weighted by molar-refractivity contribution is 0.109. The van der Waals surface area contributed by atoms with Gasteiger partial charge in [0.05, 0.1) is 0 Å². The molecular formula is C30H63BO3S3. The fraction of sp³-hybridized carbons (Fsp3) is 1.00. The van der Waals surface area contributed by atoms with Gasteiger partial charge in [-0.2, -0.15) is 35.3 Å². The third-order valence-electron chi connectivity index (χ3n) is 6.37. The molecule has 0 rings (SSSR count). The highest BCUT2D eigenvalue weighted by Gasteiger charge is 2.21. The summed E-state index contributed by atoms with van der Waals surface area (Å²) in [5, 5.41) is 0. The Labute approximate surface area is 246 Å². The Morgan fingerprint density at radius 2 is 0.622 bits per heavy atom. The molecule has 0 radical (unpaired) electrons. The van der Waals surface area contributed by atoms with E-state index in [1.165, 1.54) is 133 Å². The molecule has 0 saturated carbocycles. The molecule has 7 heteroatoms. The Morgan fingerprint density at radius 3 is 0.919 bits per heavy atom. The molecule has 222 valence electrons. The summed E-state index contributed by atoms with van der Waals surface area (Å²) in [6, 6.07) is 0. The average molecular weight is 579 g/mol. The lowest BCUT2D eigenvalue weighted by atomic mass is 10.1. The van der Waals surface area contributed by atoms with Crippen molar-refractivity contribution in [1.82, 2.24) is 0 Å². The fourth-order valence-corrected chi connectivity index (χ4v) is 6.49. The van der Waals surface area contributed by atoms with Gasteiger partial charge in [0.2, 0.25) is 0 Å². The van der Waals surface area contributed by atoms with Gasteiger partial charge in [0.15, 0.2) is 0 Å². The summed E-state index contributed by atoms with van der Waals surface area (Å²) in [5.74, 6) is 6.80. The van der Waals surface area contributed by atoms with Crippen LogP contribution in [0.15, 0.2) is 0 Å².